The molecule has 1 aromatic rings. The number of halogens is 1. The van der Waals surface area contributed by atoms with Gasteiger partial charge in [-0.3, -0.25) is 14.9 Å². The van der Waals surface area contributed by atoms with Crippen LogP contribution in [0.1, 0.15) is 55.8 Å². The monoisotopic (exact) mass is 362 g/mol. The SMILES string of the molecule is CCN(C(=O)c1ccc(Cl)c([N+](=O)[O-])c1)C12CC3CC(CC(C3)C1)C2. The Morgan fingerprint density at radius 2 is 1.80 bits per heavy atom. The van der Waals surface area contributed by atoms with Crippen LogP contribution < -0.4 is 0 Å². The van der Waals surface area contributed by atoms with Gasteiger partial charge in [0.15, 0.2) is 0 Å². The second-order valence-electron chi connectivity index (χ2n) is 8.11. The Kier molecular flexibility index (Phi) is 4.02. The summed E-state index contributed by atoms with van der Waals surface area (Å²) in [6.07, 6.45) is 7.23. The van der Waals surface area contributed by atoms with Gasteiger partial charge in [0.25, 0.3) is 11.6 Å². The zero-order valence-corrected chi connectivity index (χ0v) is 15.2. The van der Waals surface area contributed by atoms with Crippen molar-refractivity contribution in [3.05, 3.63) is 38.9 Å². The first kappa shape index (κ1) is 16.8. The zero-order valence-electron chi connectivity index (χ0n) is 14.4. The van der Waals surface area contributed by atoms with Crippen molar-refractivity contribution in [2.45, 2.75) is 51.0 Å². The van der Waals surface area contributed by atoms with Crippen LogP contribution in [0.2, 0.25) is 5.02 Å². The van der Waals surface area contributed by atoms with Crippen LogP contribution in [0.5, 0.6) is 0 Å². The first-order chi connectivity index (χ1) is 11.9. The molecule has 0 N–H and O–H groups in total. The molecule has 4 aliphatic carbocycles. The summed E-state index contributed by atoms with van der Waals surface area (Å²) in [6.45, 7) is 2.65. The van der Waals surface area contributed by atoms with Gasteiger partial charge >= 0.3 is 0 Å². The summed E-state index contributed by atoms with van der Waals surface area (Å²) in [5, 5.41) is 11.2. The average Bonchev–Trinajstić information content (AvgIpc) is 2.54. The topological polar surface area (TPSA) is 63.5 Å². The van der Waals surface area contributed by atoms with E-state index in [0.29, 0.717) is 12.1 Å². The summed E-state index contributed by atoms with van der Waals surface area (Å²) < 4.78 is 0. The van der Waals surface area contributed by atoms with Crippen LogP contribution in [0.4, 0.5) is 5.69 Å². The Bertz CT molecular complexity index is 698. The molecule has 0 radical (unpaired) electrons. The lowest BCUT2D eigenvalue weighted by Gasteiger charge is -2.60. The Morgan fingerprint density at radius 1 is 1.24 bits per heavy atom. The van der Waals surface area contributed by atoms with Crippen LogP contribution in [0.15, 0.2) is 18.2 Å². The number of nitro benzene ring substituents is 1. The summed E-state index contributed by atoms with van der Waals surface area (Å²) in [5.41, 5.74) is 0.123. The summed E-state index contributed by atoms with van der Waals surface area (Å²) in [5.74, 6) is 2.14. The van der Waals surface area contributed by atoms with Crippen LogP contribution in [0.3, 0.4) is 0 Å². The minimum absolute atomic E-state index is 0.0466. The van der Waals surface area contributed by atoms with Gasteiger partial charge in [0.05, 0.1) is 4.92 Å². The number of nitro groups is 1. The minimum atomic E-state index is -0.528. The van der Waals surface area contributed by atoms with E-state index in [1.165, 1.54) is 31.4 Å². The second kappa shape index (κ2) is 5.97. The molecule has 5 rings (SSSR count). The van der Waals surface area contributed by atoms with E-state index >= 15 is 0 Å². The Morgan fingerprint density at radius 3 is 2.28 bits per heavy atom. The van der Waals surface area contributed by atoms with Gasteiger partial charge in [0.2, 0.25) is 0 Å². The fourth-order valence-corrected chi connectivity index (χ4v) is 6.22. The highest BCUT2D eigenvalue weighted by atomic mass is 35.5. The number of carbonyl (C=O) groups excluding carboxylic acids is 1. The molecule has 1 amide bonds. The quantitative estimate of drug-likeness (QED) is 0.577. The van der Waals surface area contributed by atoms with Crippen LogP contribution in [-0.4, -0.2) is 27.8 Å². The van der Waals surface area contributed by atoms with Crippen molar-refractivity contribution in [3.63, 3.8) is 0 Å². The molecule has 0 unspecified atom stereocenters. The van der Waals surface area contributed by atoms with E-state index in [9.17, 15) is 14.9 Å². The number of hydrogen-bond acceptors (Lipinski definition) is 3. The Labute approximate surface area is 152 Å². The molecule has 4 bridgehead atoms. The Hall–Kier alpha value is -1.62. The fourth-order valence-electron chi connectivity index (χ4n) is 6.03. The molecular weight excluding hydrogens is 340 g/mol. The summed E-state index contributed by atoms with van der Waals surface area (Å²) >= 11 is 5.90. The normalized spacial score (nSPS) is 32.6. The third kappa shape index (κ3) is 2.73. The van der Waals surface area contributed by atoms with Crippen molar-refractivity contribution >= 4 is 23.2 Å². The molecule has 0 aliphatic heterocycles. The number of benzene rings is 1. The van der Waals surface area contributed by atoms with Gasteiger partial charge in [-0.15, -0.1) is 0 Å². The maximum absolute atomic E-state index is 13.2. The Balaban J connectivity index is 1.66. The number of amides is 1. The predicted molar refractivity (Wildman–Crippen MR) is 95.7 cm³/mol. The van der Waals surface area contributed by atoms with Crippen molar-refractivity contribution in [2.75, 3.05) is 6.54 Å². The summed E-state index contributed by atoms with van der Waals surface area (Å²) in [6, 6.07) is 4.40. The lowest BCUT2D eigenvalue weighted by atomic mass is 9.52. The maximum Gasteiger partial charge on any atom is 0.288 e. The zero-order chi connectivity index (χ0) is 17.8. The first-order valence-electron chi connectivity index (χ1n) is 9.18. The highest BCUT2D eigenvalue weighted by Crippen LogP contribution is 2.58. The molecule has 0 saturated heterocycles. The largest absolute Gasteiger partial charge is 0.333 e. The van der Waals surface area contributed by atoms with Crippen LogP contribution in [0.25, 0.3) is 0 Å². The fraction of sp³-hybridized carbons (Fsp3) is 0.632. The average molecular weight is 363 g/mol. The smallest absolute Gasteiger partial charge is 0.288 e. The molecule has 134 valence electrons. The molecule has 1 aromatic carbocycles. The third-order valence-electron chi connectivity index (χ3n) is 6.53. The van der Waals surface area contributed by atoms with Crippen molar-refractivity contribution in [3.8, 4) is 0 Å². The van der Waals surface area contributed by atoms with Gasteiger partial charge in [-0.25, -0.2) is 0 Å². The molecule has 0 spiro atoms. The van der Waals surface area contributed by atoms with Crippen molar-refractivity contribution in [2.24, 2.45) is 17.8 Å². The predicted octanol–water partition coefficient (Wildman–Crippen LogP) is 4.68. The van der Waals surface area contributed by atoms with Gasteiger partial charge in [0.1, 0.15) is 5.02 Å². The lowest BCUT2D eigenvalue weighted by Crippen LogP contribution is -2.61. The van der Waals surface area contributed by atoms with Gasteiger partial charge in [0, 0.05) is 23.7 Å². The molecule has 0 heterocycles. The molecule has 4 saturated carbocycles. The third-order valence-corrected chi connectivity index (χ3v) is 6.85. The van der Waals surface area contributed by atoms with Crippen molar-refractivity contribution in [1.82, 2.24) is 4.90 Å². The highest BCUT2D eigenvalue weighted by Gasteiger charge is 2.54. The van der Waals surface area contributed by atoms with Gasteiger partial charge in [-0.2, -0.15) is 0 Å². The van der Waals surface area contributed by atoms with E-state index in [1.807, 2.05) is 11.8 Å². The van der Waals surface area contributed by atoms with Crippen LogP contribution >= 0.6 is 11.6 Å². The standard InChI is InChI=1S/C19H23ClN2O3/c1-2-21(18(23)15-3-4-16(20)17(8-15)22(24)25)19-9-12-5-13(10-19)7-14(6-12)11-19/h3-4,8,12-14H,2,5-7,9-11H2,1H3. The van der Waals surface area contributed by atoms with E-state index in [-0.39, 0.29) is 22.2 Å². The summed E-state index contributed by atoms with van der Waals surface area (Å²) in [7, 11) is 0. The molecule has 0 aromatic heterocycles. The number of hydrogen-bond donors (Lipinski definition) is 0. The number of nitrogens with zero attached hydrogens (tertiary/aromatic N) is 2. The molecule has 0 atom stereocenters. The highest BCUT2D eigenvalue weighted by molar-refractivity contribution is 6.32. The van der Waals surface area contributed by atoms with Crippen LogP contribution in [-0.2, 0) is 0 Å². The molecule has 4 fully saturated rings. The van der Waals surface area contributed by atoms with Crippen molar-refractivity contribution < 1.29 is 9.72 Å². The molecule has 5 nitrogen and oxygen atoms in total. The van der Waals surface area contributed by atoms with Crippen molar-refractivity contribution in [1.29, 1.82) is 0 Å². The van der Waals surface area contributed by atoms with Gasteiger partial charge in [-0.05, 0) is 75.3 Å². The molecular formula is C19H23ClN2O3. The van der Waals surface area contributed by atoms with Gasteiger partial charge < -0.3 is 4.90 Å². The minimum Gasteiger partial charge on any atom is -0.333 e. The maximum atomic E-state index is 13.2. The van der Waals surface area contributed by atoms with E-state index in [4.69, 9.17) is 11.6 Å². The second-order valence-corrected chi connectivity index (χ2v) is 8.52. The van der Waals surface area contributed by atoms with E-state index in [0.717, 1.165) is 37.0 Å². The van der Waals surface area contributed by atoms with E-state index < -0.39 is 4.92 Å². The number of rotatable bonds is 4. The molecule has 25 heavy (non-hydrogen) atoms. The van der Waals surface area contributed by atoms with Crippen LogP contribution in [0, 0.1) is 27.9 Å². The van der Waals surface area contributed by atoms with E-state index in [2.05, 4.69) is 0 Å². The number of carbonyl (C=O) groups is 1. The molecule has 4 aliphatic rings. The van der Waals surface area contributed by atoms with E-state index in [1.54, 1.807) is 6.07 Å². The molecule has 6 heteroatoms. The summed E-state index contributed by atoms with van der Waals surface area (Å²) in [4.78, 5) is 25.9. The first-order valence-corrected chi connectivity index (χ1v) is 9.55. The van der Waals surface area contributed by atoms with Gasteiger partial charge in [-0.1, -0.05) is 11.6 Å². The lowest BCUT2D eigenvalue weighted by molar-refractivity contribution is -0.384.